The summed E-state index contributed by atoms with van der Waals surface area (Å²) in [4.78, 5) is 0. The minimum atomic E-state index is -3.09. The third-order valence-electron chi connectivity index (χ3n) is 0.589. The zero-order valence-electron chi connectivity index (χ0n) is 4.77. The highest BCUT2D eigenvalue weighted by Crippen LogP contribution is 2.09. The Morgan fingerprint density at radius 2 is 1.89 bits per heavy atom. The first kappa shape index (κ1) is 11.2. The molecule has 0 saturated carbocycles. The zero-order chi connectivity index (χ0) is 6.78. The molecule has 0 fully saturated rings. The highest BCUT2D eigenvalue weighted by atomic mass is 35.5. The summed E-state index contributed by atoms with van der Waals surface area (Å²) in [5, 5.41) is 2.60. The van der Waals surface area contributed by atoms with Crippen molar-refractivity contribution in [3.8, 4) is 0 Å². The largest absolute Gasteiger partial charge is 0.381 e. The summed E-state index contributed by atoms with van der Waals surface area (Å²) in [5.74, 6) is 0.503. The van der Waals surface area contributed by atoms with E-state index in [9.17, 15) is 8.78 Å². The minimum absolute atomic E-state index is 0. The molecule has 56 valence electrons. The molecule has 0 aliphatic heterocycles. The maximum atomic E-state index is 11.8. The molecule has 0 saturated heterocycles. The van der Waals surface area contributed by atoms with Gasteiger partial charge in [0, 0.05) is 6.92 Å². The highest BCUT2D eigenvalue weighted by molar-refractivity contribution is 5.86. The van der Waals surface area contributed by atoms with Gasteiger partial charge in [-0.2, -0.15) is 13.9 Å². The van der Waals surface area contributed by atoms with E-state index >= 15 is 0 Å². The smallest absolute Gasteiger partial charge is 0.303 e. The molecule has 0 aromatic heterocycles. The van der Waals surface area contributed by atoms with Gasteiger partial charge in [-0.25, -0.2) is 0 Å². The Balaban J connectivity index is 0. The minimum Gasteiger partial charge on any atom is -0.381 e. The van der Waals surface area contributed by atoms with Gasteiger partial charge in [0.15, 0.2) is 5.84 Å². The molecule has 0 rings (SSSR count). The molecule has 3 nitrogen and oxygen atoms in total. The fraction of sp³-hybridized carbons (Fsp3) is 0.667. The van der Waals surface area contributed by atoms with Crippen LogP contribution in [0.2, 0.25) is 0 Å². The Kier molecular flexibility index (Phi) is 4.31. The van der Waals surface area contributed by atoms with Crippen LogP contribution in [0, 0.1) is 0 Å². The van der Waals surface area contributed by atoms with E-state index in [1.807, 2.05) is 0 Å². The topological polar surface area (TPSA) is 64.4 Å². The number of hydrazone groups is 1. The first-order valence-electron chi connectivity index (χ1n) is 1.90. The summed E-state index contributed by atoms with van der Waals surface area (Å²) < 4.78 is 23.6. The Labute approximate surface area is 57.5 Å². The second kappa shape index (κ2) is 3.45. The van der Waals surface area contributed by atoms with Crippen molar-refractivity contribution in [2.75, 3.05) is 0 Å². The predicted octanol–water partition coefficient (Wildman–Crippen LogP) is 0.294. The number of rotatable bonds is 1. The molecular formula is C3H8ClF2N3. The second-order valence-corrected chi connectivity index (χ2v) is 1.40. The van der Waals surface area contributed by atoms with Gasteiger partial charge in [0.1, 0.15) is 0 Å². The first-order valence-corrected chi connectivity index (χ1v) is 1.90. The maximum Gasteiger partial charge on any atom is 0.303 e. The van der Waals surface area contributed by atoms with Crippen molar-refractivity contribution < 1.29 is 8.78 Å². The fourth-order valence-corrected chi connectivity index (χ4v) is 0.113. The van der Waals surface area contributed by atoms with Gasteiger partial charge in [0.2, 0.25) is 0 Å². The number of hydrogen-bond donors (Lipinski definition) is 2. The van der Waals surface area contributed by atoms with Crippen LogP contribution in [-0.2, 0) is 0 Å². The van der Waals surface area contributed by atoms with E-state index in [2.05, 4.69) is 16.7 Å². The molecule has 0 spiro atoms. The van der Waals surface area contributed by atoms with Crippen molar-refractivity contribution in [2.45, 2.75) is 12.8 Å². The van der Waals surface area contributed by atoms with Gasteiger partial charge in [-0.3, -0.25) is 0 Å². The summed E-state index contributed by atoms with van der Waals surface area (Å²) in [5.41, 5.74) is 4.62. The van der Waals surface area contributed by atoms with E-state index in [1.54, 1.807) is 0 Å². The molecule has 0 unspecified atom stereocenters. The Morgan fingerprint density at radius 3 is 1.89 bits per heavy atom. The fourth-order valence-electron chi connectivity index (χ4n) is 0.113. The molecule has 0 amide bonds. The molecule has 0 aromatic carbocycles. The number of amidine groups is 1. The monoisotopic (exact) mass is 159 g/mol. The predicted molar refractivity (Wildman–Crippen MR) is 33.7 cm³/mol. The first-order chi connectivity index (χ1) is 3.48. The summed E-state index contributed by atoms with van der Waals surface area (Å²) in [7, 11) is 0. The number of nitrogens with zero attached hydrogens (tertiary/aromatic N) is 1. The molecule has 0 aromatic rings. The molecule has 0 atom stereocenters. The summed E-state index contributed by atoms with van der Waals surface area (Å²) in [6.07, 6.45) is 0. The van der Waals surface area contributed by atoms with Crippen molar-refractivity contribution >= 4 is 18.2 Å². The molecule has 0 bridgehead atoms. The molecule has 0 aliphatic carbocycles. The van der Waals surface area contributed by atoms with Crippen molar-refractivity contribution in [2.24, 2.45) is 16.7 Å². The lowest BCUT2D eigenvalue weighted by Crippen LogP contribution is -2.33. The van der Waals surface area contributed by atoms with E-state index in [0.717, 1.165) is 0 Å². The van der Waals surface area contributed by atoms with E-state index in [4.69, 9.17) is 0 Å². The Morgan fingerprint density at radius 1 is 1.56 bits per heavy atom. The van der Waals surface area contributed by atoms with E-state index in [-0.39, 0.29) is 12.4 Å². The standard InChI is InChI=1S/C3H7F2N3.ClH/c1-3(4,5)2(6)8-7;/h7H2,1H3,(H2,6,8);1H. The van der Waals surface area contributed by atoms with Crippen LogP contribution >= 0.6 is 12.4 Å². The number of nitrogens with two attached hydrogens (primary N) is 2. The van der Waals surface area contributed by atoms with Gasteiger partial charge >= 0.3 is 5.92 Å². The van der Waals surface area contributed by atoms with Crippen molar-refractivity contribution in [1.29, 1.82) is 0 Å². The van der Waals surface area contributed by atoms with Gasteiger partial charge in [-0.1, -0.05) is 0 Å². The van der Waals surface area contributed by atoms with E-state index in [0.29, 0.717) is 6.92 Å². The normalized spacial score (nSPS) is 12.6. The average molecular weight is 160 g/mol. The van der Waals surface area contributed by atoms with E-state index < -0.39 is 11.8 Å². The van der Waals surface area contributed by atoms with Crippen LogP contribution in [0.1, 0.15) is 6.92 Å². The lowest BCUT2D eigenvalue weighted by atomic mass is 10.4. The molecule has 4 N–H and O–H groups in total. The van der Waals surface area contributed by atoms with Crippen LogP contribution < -0.4 is 11.6 Å². The van der Waals surface area contributed by atoms with Crippen molar-refractivity contribution in [3.63, 3.8) is 0 Å². The van der Waals surface area contributed by atoms with Gasteiger partial charge < -0.3 is 11.6 Å². The molecule has 6 heteroatoms. The maximum absolute atomic E-state index is 11.8. The summed E-state index contributed by atoms with van der Waals surface area (Å²) in [6, 6.07) is 0. The van der Waals surface area contributed by atoms with Crippen LogP contribution in [0.15, 0.2) is 5.10 Å². The summed E-state index contributed by atoms with van der Waals surface area (Å²) >= 11 is 0. The molecule has 0 heterocycles. The number of halogens is 3. The third-order valence-corrected chi connectivity index (χ3v) is 0.589. The van der Waals surface area contributed by atoms with Crippen LogP contribution in [-0.4, -0.2) is 11.8 Å². The zero-order valence-corrected chi connectivity index (χ0v) is 5.58. The van der Waals surface area contributed by atoms with Gasteiger partial charge in [0.05, 0.1) is 0 Å². The summed E-state index contributed by atoms with van der Waals surface area (Å²) in [6.45, 7) is 0.624. The van der Waals surface area contributed by atoms with Crippen LogP contribution in [0.5, 0.6) is 0 Å². The van der Waals surface area contributed by atoms with Crippen molar-refractivity contribution in [1.82, 2.24) is 0 Å². The lowest BCUT2D eigenvalue weighted by Gasteiger charge is -2.05. The molecule has 0 aliphatic rings. The molecule has 9 heavy (non-hydrogen) atoms. The number of hydrogen-bond acceptors (Lipinski definition) is 2. The molecular weight excluding hydrogens is 152 g/mol. The van der Waals surface area contributed by atoms with Crippen LogP contribution in [0.25, 0.3) is 0 Å². The van der Waals surface area contributed by atoms with Gasteiger partial charge in [-0.05, 0) is 0 Å². The quantitative estimate of drug-likeness (QED) is 0.250. The van der Waals surface area contributed by atoms with Crippen LogP contribution in [0.4, 0.5) is 8.78 Å². The Bertz CT molecular complexity index is 108. The number of alkyl halides is 2. The second-order valence-electron chi connectivity index (χ2n) is 1.40. The Hall–Kier alpha value is -0.580. The highest BCUT2D eigenvalue weighted by Gasteiger charge is 2.26. The van der Waals surface area contributed by atoms with Crippen LogP contribution in [0.3, 0.4) is 0 Å². The SMILES string of the molecule is CC(F)(F)C(N)=NN.Cl. The third kappa shape index (κ3) is 3.96. The van der Waals surface area contributed by atoms with Gasteiger partial charge in [0.25, 0.3) is 0 Å². The van der Waals surface area contributed by atoms with Crippen molar-refractivity contribution in [3.05, 3.63) is 0 Å². The average Bonchev–Trinajstić information content (AvgIpc) is 1.62. The van der Waals surface area contributed by atoms with Gasteiger partial charge in [-0.15, -0.1) is 12.4 Å². The van der Waals surface area contributed by atoms with E-state index in [1.165, 1.54) is 0 Å². The lowest BCUT2D eigenvalue weighted by molar-refractivity contribution is 0.0986. The molecule has 0 radical (unpaired) electrons.